The highest BCUT2D eigenvalue weighted by Crippen LogP contribution is 2.23. The van der Waals surface area contributed by atoms with Crippen molar-refractivity contribution in [1.82, 2.24) is 0 Å². The van der Waals surface area contributed by atoms with Crippen molar-refractivity contribution in [2.75, 3.05) is 0 Å². The summed E-state index contributed by atoms with van der Waals surface area (Å²) in [6, 6.07) is 8.01. The first-order valence-electron chi connectivity index (χ1n) is 4.97. The molecule has 1 atom stereocenters. The molecule has 0 aliphatic carbocycles. The summed E-state index contributed by atoms with van der Waals surface area (Å²) in [7, 11) is 0. The third-order valence-corrected chi connectivity index (χ3v) is 2.95. The summed E-state index contributed by atoms with van der Waals surface area (Å²) in [5.41, 5.74) is 1.13. The fourth-order valence-electron chi connectivity index (χ4n) is 1.59. The van der Waals surface area contributed by atoms with Gasteiger partial charge in [0.05, 0.1) is 0 Å². The molecular formula is C12H15BrO. The molecule has 0 amide bonds. The Kier molecular flexibility index (Phi) is 4.33. The fourth-order valence-corrected chi connectivity index (χ4v) is 1.86. The molecule has 0 bridgehead atoms. The van der Waals surface area contributed by atoms with Crippen LogP contribution in [0.4, 0.5) is 0 Å². The number of halogens is 1. The van der Waals surface area contributed by atoms with Gasteiger partial charge in [0.15, 0.2) is 0 Å². The van der Waals surface area contributed by atoms with E-state index in [4.69, 9.17) is 0 Å². The lowest BCUT2D eigenvalue weighted by molar-refractivity contribution is -0.120. The van der Waals surface area contributed by atoms with Gasteiger partial charge in [0.1, 0.15) is 5.78 Å². The van der Waals surface area contributed by atoms with Gasteiger partial charge in [-0.25, -0.2) is 0 Å². The van der Waals surface area contributed by atoms with Gasteiger partial charge in [-0.15, -0.1) is 0 Å². The van der Waals surface area contributed by atoms with Crippen molar-refractivity contribution in [1.29, 1.82) is 0 Å². The van der Waals surface area contributed by atoms with Gasteiger partial charge < -0.3 is 0 Å². The lowest BCUT2D eigenvalue weighted by Crippen LogP contribution is -2.10. The van der Waals surface area contributed by atoms with Crippen molar-refractivity contribution < 1.29 is 4.79 Å². The molecule has 14 heavy (non-hydrogen) atoms. The number of ketones is 1. The van der Waals surface area contributed by atoms with Gasteiger partial charge in [0.2, 0.25) is 0 Å². The predicted octanol–water partition coefficient (Wildman–Crippen LogP) is 3.92. The first-order chi connectivity index (χ1) is 6.69. The minimum Gasteiger partial charge on any atom is -0.299 e. The molecule has 0 radical (unpaired) electrons. The molecule has 0 fully saturated rings. The average molecular weight is 255 g/mol. The van der Waals surface area contributed by atoms with Crippen LogP contribution in [0.1, 0.15) is 38.2 Å². The Morgan fingerprint density at radius 1 is 1.29 bits per heavy atom. The number of hydrogen-bond donors (Lipinski definition) is 0. The van der Waals surface area contributed by atoms with E-state index in [2.05, 4.69) is 22.9 Å². The van der Waals surface area contributed by atoms with E-state index < -0.39 is 0 Å². The Balaban J connectivity index is 2.89. The van der Waals surface area contributed by atoms with Gasteiger partial charge in [-0.05, 0) is 24.1 Å². The molecule has 0 aliphatic heterocycles. The minimum atomic E-state index is 0.0769. The third-order valence-electron chi connectivity index (χ3n) is 2.42. The maximum absolute atomic E-state index is 11.6. The van der Waals surface area contributed by atoms with Crippen LogP contribution in [-0.4, -0.2) is 5.78 Å². The quantitative estimate of drug-likeness (QED) is 0.796. The van der Waals surface area contributed by atoms with Gasteiger partial charge in [0.25, 0.3) is 0 Å². The van der Waals surface area contributed by atoms with E-state index in [1.54, 1.807) is 0 Å². The molecule has 0 aromatic heterocycles. The van der Waals surface area contributed by atoms with Crippen LogP contribution in [0.5, 0.6) is 0 Å². The van der Waals surface area contributed by atoms with E-state index in [0.29, 0.717) is 12.2 Å². The molecule has 0 N–H and O–H groups in total. The van der Waals surface area contributed by atoms with Gasteiger partial charge >= 0.3 is 0 Å². The Morgan fingerprint density at radius 3 is 2.29 bits per heavy atom. The van der Waals surface area contributed by atoms with Crippen molar-refractivity contribution in [2.45, 2.75) is 32.6 Å². The van der Waals surface area contributed by atoms with Crippen molar-refractivity contribution in [3.63, 3.8) is 0 Å². The maximum atomic E-state index is 11.6. The minimum absolute atomic E-state index is 0.0769. The summed E-state index contributed by atoms with van der Waals surface area (Å²) in [4.78, 5) is 11.6. The highest BCUT2D eigenvalue weighted by atomic mass is 79.9. The largest absolute Gasteiger partial charge is 0.299 e. The molecule has 1 aromatic carbocycles. The first kappa shape index (κ1) is 11.4. The zero-order chi connectivity index (χ0) is 10.6. The molecule has 0 saturated heterocycles. The lowest BCUT2D eigenvalue weighted by atomic mass is 9.91. The van der Waals surface area contributed by atoms with Crippen LogP contribution < -0.4 is 0 Å². The summed E-state index contributed by atoms with van der Waals surface area (Å²) < 4.78 is 1.06. The SMILES string of the molecule is CCC(=O)C(CC)c1ccc(Br)cc1. The van der Waals surface area contributed by atoms with Crippen LogP contribution >= 0.6 is 15.9 Å². The van der Waals surface area contributed by atoms with Crippen molar-refractivity contribution >= 4 is 21.7 Å². The van der Waals surface area contributed by atoms with Crippen LogP contribution in [0.15, 0.2) is 28.7 Å². The van der Waals surface area contributed by atoms with E-state index in [1.165, 1.54) is 0 Å². The van der Waals surface area contributed by atoms with Gasteiger partial charge in [-0.2, -0.15) is 0 Å². The van der Waals surface area contributed by atoms with Crippen LogP contribution in [0.25, 0.3) is 0 Å². The van der Waals surface area contributed by atoms with Crippen LogP contribution in [-0.2, 0) is 4.79 Å². The number of Topliss-reactive ketones (excluding diaryl/α,β-unsaturated/α-hetero) is 1. The molecule has 76 valence electrons. The Morgan fingerprint density at radius 2 is 1.86 bits per heavy atom. The van der Waals surface area contributed by atoms with E-state index in [9.17, 15) is 4.79 Å². The fraction of sp³-hybridized carbons (Fsp3) is 0.417. The Bertz CT molecular complexity index is 303. The smallest absolute Gasteiger partial charge is 0.140 e. The molecule has 0 aliphatic rings. The van der Waals surface area contributed by atoms with Gasteiger partial charge in [-0.3, -0.25) is 4.79 Å². The molecule has 1 aromatic rings. The summed E-state index contributed by atoms with van der Waals surface area (Å²) in [6.45, 7) is 3.98. The Hall–Kier alpha value is -0.630. The van der Waals surface area contributed by atoms with E-state index >= 15 is 0 Å². The topological polar surface area (TPSA) is 17.1 Å². The molecule has 0 spiro atoms. The Labute approximate surface area is 93.7 Å². The van der Waals surface area contributed by atoms with Gasteiger partial charge in [0, 0.05) is 16.8 Å². The molecule has 1 unspecified atom stereocenters. The summed E-state index contributed by atoms with van der Waals surface area (Å²) >= 11 is 3.39. The third kappa shape index (κ3) is 2.68. The molecule has 1 rings (SSSR count). The molecular weight excluding hydrogens is 240 g/mol. The predicted molar refractivity (Wildman–Crippen MR) is 62.5 cm³/mol. The summed E-state index contributed by atoms with van der Waals surface area (Å²) in [5.74, 6) is 0.405. The molecule has 0 heterocycles. The molecule has 0 saturated carbocycles. The zero-order valence-corrected chi connectivity index (χ0v) is 10.2. The highest BCUT2D eigenvalue weighted by molar-refractivity contribution is 9.10. The second-order valence-corrected chi connectivity index (χ2v) is 4.25. The first-order valence-corrected chi connectivity index (χ1v) is 5.76. The van der Waals surface area contributed by atoms with E-state index in [-0.39, 0.29) is 5.92 Å². The van der Waals surface area contributed by atoms with Gasteiger partial charge in [-0.1, -0.05) is 41.9 Å². The lowest BCUT2D eigenvalue weighted by Gasteiger charge is -2.12. The van der Waals surface area contributed by atoms with E-state index in [1.807, 2.05) is 31.2 Å². The van der Waals surface area contributed by atoms with Crippen molar-refractivity contribution in [3.05, 3.63) is 34.3 Å². The van der Waals surface area contributed by atoms with Crippen molar-refractivity contribution in [3.8, 4) is 0 Å². The molecule has 2 heteroatoms. The normalized spacial score (nSPS) is 12.5. The van der Waals surface area contributed by atoms with Crippen molar-refractivity contribution in [2.24, 2.45) is 0 Å². The molecule has 1 nitrogen and oxygen atoms in total. The van der Waals surface area contributed by atoms with Crippen LogP contribution in [0.2, 0.25) is 0 Å². The van der Waals surface area contributed by atoms with Crippen LogP contribution in [0.3, 0.4) is 0 Å². The number of hydrogen-bond acceptors (Lipinski definition) is 1. The second kappa shape index (κ2) is 5.30. The second-order valence-electron chi connectivity index (χ2n) is 3.33. The number of rotatable bonds is 4. The number of carbonyl (C=O) groups is 1. The average Bonchev–Trinajstić information content (AvgIpc) is 2.21. The number of benzene rings is 1. The highest BCUT2D eigenvalue weighted by Gasteiger charge is 2.15. The maximum Gasteiger partial charge on any atom is 0.140 e. The van der Waals surface area contributed by atoms with Crippen LogP contribution in [0, 0.1) is 0 Å². The summed E-state index contributed by atoms with van der Waals surface area (Å²) in [6.07, 6.45) is 1.50. The summed E-state index contributed by atoms with van der Waals surface area (Å²) in [5, 5.41) is 0. The number of carbonyl (C=O) groups excluding carboxylic acids is 1. The van der Waals surface area contributed by atoms with E-state index in [0.717, 1.165) is 16.5 Å². The zero-order valence-electron chi connectivity index (χ0n) is 8.59. The standard InChI is InChI=1S/C12H15BrO/c1-3-11(12(14)4-2)9-5-7-10(13)8-6-9/h5-8,11H,3-4H2,1-2H3. The monoisotopic (exact) mass is 254 g/mol.